The third-order valence-corrected chi connectivity index (χ3v) is 5.36. The molecule has 2 aromatic carbocycles. The first-order chi connectivity index (χ1) is 14.7. The van der Waals surface area contributed by atoms with Gasteiger partial charge in [0.25, 0.3) is 11.7 Å². The van der Waals surface area contributed by atoms with Crippen LogP contribution in [0.2, 0.25) is 0 Å². The van der Waals surface area contributed by atoms with Gasteiger partial charge in [0.1, 0.15) is 5.76 Å². The van der Waals surface area contributed by atoms with E-state index in [-0.39, 0.29) is 16.9 Å². The van der Waals surface area contributed by atoms with E-state index in [1.54, 1.807) is 0 Å². The van der Waals surface area contributed by atoms with Crippen molar-refractivity contribution in [2.24, 2.45) is 0 Å². The van der Waals surface area contributed by atoms with E-state index in [4.69, 9.17) is 4.74 Å². The number of aliphatic hydroxyl groups is 1. The molecule has 1 N–H and O–H groups in total. The monoisotopic (exact) mass is 426 g/mol. The minimum atomic E-state index is -0.774. The van der Waals surface area contributed by atoms with Gasteiger partial charge in [0, 0.05) is 12.1 Å². The molecule has 1 amide bonds. The number of nitrogens with zero attached hydrogens (tertiary/aromatic N) is 2. The number of aryl methyl sites for hydroxylation is 1. The Morgan fingerprint density at radius 1 is 1.16 bits per heavy atom. The molecule has 1 atom stereocenters. The fraction of sp³-hybridized carbons (Fsp3) is 0.333. The number of amides is 1. The van der Waals surface area contributed by atoms with E-state index in [1.165, 1.54) is 24.1 Å². The van der Waals surface area contributed by atoms with Crippen LogP contribution in [0.1, 0.15) is 29.2 Å². The lowest BCUT2D eigenvalue weighted by atomic mass is 9.94. The molecule has 1 heterocycles. The van der Waals surface area contributed by atoms with E-state index < -0.39 is 29.3 Å². The number of ketones is 1. The maximum Gasteiger partial charge on any atom is 0.295 e. The van der Waals surface area contributed by atoms with Gasteiger partial charge in [-0.15, -0.1) is 0 Å². The minimum Gasteiger partial charge on any atom is -0.507 e. The predicted molar refractivity (Wildman–Crippen MR) is 116 cm³/mol. The highest BCUT2D eigenvalue weighted by molar-refractivity contribution is 6.46. The first-order valence-corrected chi connectivity index (χ1v) is 10.1. The molecule has 0 saturated carbocycles. The summed E-state index contributed by atoms with van der Waals surface area (Å²) in [6.07, 6.45) is 0.666. The highest BCUT2D eigenvalue weighted by Gasteiger charge is 2.45. The highest BCUT2D eigenvalue weighted by atomic mass is 19.1. The van der Waals surface area contributed by atoms with Crippen molar-refractivity contribution in [3.8, 4) is 5.75 Å². The number of Topliss-reactive ketones (excluding diaryl/α,β-unsaturated/α-hetero) is 1. The zero-order valence-corrected chi connectivity index (χ0v) is 18.2. The van der Waals surface area contributed by atoms with Gasteiger partial charge in [0.15, 0.2) is 11.6 Å². The van der Waals surface area contributed by atoms with Crippen LogP contribution in [0, 0.1) is 12.7 Å². The third kappa shape index (κ3) is 4.61. The number of carbonyl (C=O) groups excluding carboxylic acids is 2. The average Bonchev–Trinajstić information content (AvgIpc) is 2.98. The molecule has 164 valence electrons. The molecule has 1 fully saturated rings. The van der Waals surface area contributed by atoms with Crippen LogP contribution in [0.4, 0.5) is 4.39 Å². The fourth-order valence-corrected chi connectivity index (χ4v) is 3.73. The van der Waals surface area contributed by atoms with Crippen molar-refractivity contribution in [1.29, 1.82) is 0 Å². The molecule has 0 aromatic heterocycles. The molecule has 0 bridgehead atoms. The van der Waals surface area contributed by atoms with E-state index >= 15 is 0 Å². The van der Waals surface area contributed by atoms with E-state index in [0.29, 0.717) is 18.5 Å². The first-order valence-electron chi connectivity index (χ1n) is 10.1. The maximum absolute atomic E-state index is 14.2. The Bertz CT molecular complexity index is 1010. The van der Waals surface area contributed by atoms with Crippen molar-refractivity contribution in [3.05, 3.63) is 70.5 Å². The van der Waals surface area contributed by atoms with Crippen LogP contribution in [0.25, 0.3) is 5.76 Å². The Morgan fingerprint density at radius 3 is 2.42 bits per heavy atom. The number of benzene rings is 2. The largest absolute Gasteiger partial charge is 0.507 e. The molecule has 0 aliphatic carbocycles. The second kappa shape index (κ2) is 9.31. The van der Waals surface area contributed by atoms with Crippen molar-refractivity contribution in [2.45, 2.75) is 19.4 Å². The number of methoxy groups -OCH3 is 1. The molecule has 1 saturated heterocycles. The number of halogens is 1. The number of ether oxygens (including phenoxy) is 1. The number of hydrogen-bond acceptors (Lipinski definition) is 5. The van der Waals surface area contributed by atoms with Gasteiger partial charge in [0.2, 0.25) is 0 Å². The van der Waals surface area contributed by atoms with Gasteiger partial charge >= 0.3 is 0 Å². The van der Waals surface area contributed by atoms with Crippen molar-refractivity contribution >= 4 is 17.4 Å². The molecule has 0 spiro atoms. The molecule has 0 radical (unpaired) electrons. The Balaban J connectivity index is 2.10. The number of hydrogen-bond donors (Lipinski definition) is 1. The van der Waals surface area contributed by atoms with Gasteiger partial charge < -0.3 is 19.6 Å². The maximum atomic E-state index is 14.2. The second-order valence-electron chi connectivity index (χ2n) is 7.91. The van der Waals surface area contributed by atoms with E-state index in [0.717, 1.165) is 18.2 Å². The van der Waals surface area contributed by atoms with E-state index in [9.17, 15) is 19.1 Å². The van der Waals surface area contributed by atoms with Crippen LogP contribution in [-0.2, 0) is 9.59 Å². The molecular weight excluding hydrogens is 399 g/mol. The predicted octanol–water partition coefficient (Wildman–Crippen LogP) is 3.52. The molecule has 1 aliphatic rings. The number of likely N-dealkylation sites (tertiary alicyclic amines) is 1. The minimum absolute atomic E-state index is 0.0239. The Hall–Kier alpha value is -3.19. The van der Waals surface area contributed by atoms with E-state index in [1.807, 2.05) is 50.2 Å². The molecular formula is C24H27FN2O4. The smallest absolute Gasteiger partial charge is 0.295 e. The fourth-order valence-electron chi connectivity index (χ4n) is 3.73. The van der Waals surface area contributed by atoms with Crippen molar-refractivity contribution in [3.63, 3.8) is 0 Å². The highest BCUT2D eigenvalue weighted by Crippen LogP contribution is 2.39. The van der Waals surface area contributed by atoms with Crippen LogP contribution in [-0.4, -0.2) is 60.9 Å². The summed E-state index contributed by atoms with van der Waals surface area (Å²) in [4.78, 5) is 29.3. The summed E-state index contributed by atoms with van der Waals surface area (Å²) in [5.41, 5.74) is 1.82. The normalized spacial score (nSPS) is 18.1. The van der Waals surface area contributed by atoms with Crippen LogP contribution >= 0.6 is 0 Å². The number of carbonyl (C=O) groups is 2. The Labute approximate surface area is 181 Å². The average molecular weight is 426 g/mol. The van der Waals surface area contributed by atoms with Crippen LogP contribution in [0.5, 0.6) is 5.75 Å². The topological polar surface area (TPSA) is 70.1 Å². The summed E-state index contributed by atoms with van der Waals surface area (Å²) in [6, 6.07) is 10.7. The summed E-state index contributed by atoms with van der Waals surface area (Å²) < 4.78 is 19.1. The third-order valence-electron chi connectivity index (χ3n) is 5.36. The molecule has 7 heteroatoms. The Morgan fingerprint density at radius 2 is 1.84 bits per heavy atom. The van der Waals surface area contributed by atoms with Gasteiger partial charge in [-0.2, -0.15) is 0 Å². The lowest BCUT2D eigenvalue weighted by molar-refractivity contribution is -0.139. The van der Waals surface area contributed by atoms with Crippen molar-refractivity contribution in [1.82, 2.24) is 9.80 Å². The first kappa shape index (κ1) is 22.5. The second-order valence-corrected chi connectivity index (χ2v) is 7.91. The molecule has 6 nitrogen and oxygen atoms in total. The SMILES string of the molecule is COc1ccc(C(O)=C2C(=O)C(=O)N(CCCN(C)C)[C@H]2c2ccc(C)cc2)cc1F. The quantitative estimate of drug-likeness (QED) is 0.417. The lowest BCUT2D eigenvalue weighted by Crippen LogP contribution is -2.32. The van der Waals surface area contributed by atoms with Crippen molar-refractivity contribution < 1.29 is 23.8 Å². The van der Waals surface area contributed by atoms with Crippen LogP contribution in [0.3, 0.4) is 0 Å². The summed E-state index contributed by atoms with van der Waals surface area (Å²) in [5.74, 6) is -2.49. The van der Waals surface area contributed by atoms with Crippen molar-refractivity contribution in [2.75, 3.05) is 34.3 Å². The summed E-state index contributed by atoms with van der Waals surface area (Å²) in [7, 11) is 5.21. The summed E-state index contributed by atoms with van der Waals surface area (Å²) in [5, 5.41) is 11.0. The van der Waals surface area contributed by atoms with Gasteiger partial charge in [-0.25, -0.2) is 4.39 Å². The van der Waals surface area contributed by atoms with Gasteiger partial charge in [-0.3, -0.25) is 9.59 Å². The standard InChI is InChI=1S/C24H27FN2O4/c1-15-6-8-16(9-7-15)21-20(22(28)17-10-11-19(31-4)18(25)14-17)23(29)24(30)27(21)13-5-12-26(2)3/h6-11,14,21,28H,5,12-13H2,1-4H3/t21-/m0/s1. The van der Waals surface area contributed by atoms with Gasteiger partial charge in [0.05, 0.1) is 18.7 Å². The van der Waals surface area contributed by atoms with Gasteiger partial charge in [-0.05, 0) is 57.7 Å². The Kier molecular flexibility index (Phi) is 6.75. The van der Waals surface area contributed by atoms with E-state index in [2.05, 4.69) is 0 Å². The zero-order valence-electron chi connectivity index (χ0n) is 18.2. The summed E-state index contributed by atoms with van der Waals surface area (Å²) in [6.45, 7) is 3.04. The van der Waals surface area contributed by atoms with Crippen LogP contribution < -0.4 is 4.74 Å². The van der Waals surface area contributed by atoms with Gasteiger partial charge in [-0.1, -0.05) is 29.8 Å². The number of rotatable bonds is 7. The molecule has 31 heavy (non-hydrogen) atoms. The molecule has 1 aliphatic heterocycles. The molecule has 0 unspecified atom stereocenters. The molecule has 2 aromatic rings. The van der Waals surface area contributed by atoms with Crippen LogP contribution in [0.15, 0.2) is 48.0 Å². The zero-order chi connectivity index (χ0) is 22.7. The number of aliphatic hydroxyl groups excluding tert-OH is 1. The lowest BCUT2D eigenvalue weighted by Gasteiger charge is -2.26. The summed E-state index contributed by atoms with van der Waals surface area (Å²) >= 11 is 0. The molecule has 3 rings (SSSR count).